The van der Waals surface area contributed by atoms with E-state index in [2.05, 4.69) is 0 Å². The summed E-state index contributed by atoms with van der Waals surface area (Å²) in [6.45, 7) is 0.356. The summed E-state index contributed by atoms with van der Waals surface area (Å²) in [5.41, 5.74) is 0.824. The Bertz CT molecular complexity index is 400. The highest BCUT2D eigenvalue weighted by atomic mass is 16.6. The van der Waals surface area contributed by atoms with Gasteiger partial charge < -0.3 is 19.7 Å². The lowest BCUT2D eigenvalue weighted by molar-refractivity contribution is -0.149. The second-order valence-electron chi connectivity index (χ2n) is 4.28. The first kappa shape index (κ1) is 12.9. The molecule has 5 heteroatoms. The van der Waals surface area contributed by atoms with Gasteiger partial charge in [0.25, 0.3) is 0 Å². The SMILES string of the molecule is O=C(O)C1CCC(COc2ccc(CO)cc2)O1. The van der Waals surface area contributed by atoms with E-state index in [1.165, 1.54) is 0 Å². The van der Waals surface area contributed by atoms with Gasteiger partial charge in [0.05, 0.1) is 12.7 Å². The summed E-state index contributed by atoms with van der Waals surface area (Å²) in [7, 11) is 0. The fraction of sp³-hybridized carbons (Fsp3) is 0.462. The molecule has 98 valence electrons. The van der Waals surface area contributed by atoms with Gasteiger partial charge in [-0.25, -0.2) is 4.79 Å². The van der Waals surface area contributed by atoms with Crippen molar-refractivity contribution >= 4 is 5.97 Å². The molecule has 1 aromatic carbocycles. The molecule has 0 amide bonds. The summed E-state index contributed by atoms with van der Waals surface area (Å²) in [6.07, 6.45) is 0.373. The van der Waals surface area contributed by atoms with Crippen molar-refractivity contribution in [1.29, 1.82) is 0 Å². The van der Waals surface area contributed by atoms with Crippen LogP contribution in [0, 0.1) is 0 Å². The quantitative estimate of drug-likeness (QED) is 0.823. The largest absolute Gasteiger partial charge is 0.491 e. The molecule has 1 aliphatic heterocycles. The molecule has 5 nitrogen and oxygen atoms in total. The van der Waals surface area contributed by atoms with E-state index in [-0.39, 0.29) is 12.7 Å². The third-order valence-corrected chi connectivity index (χ3v) is 2.92. The van der Waals surface area contributed by atoms with Crippen molar-refractivity contribution in [3.05, 3.63) is 29.8 Å². The van der Waals surface area contributed by atoms with Crippen LogP contribution < -0.4 is 4.74 Å². The molecule has 0 aliphatic carbocycles. The standard InChI is InChI=1S/C13H16O5/c14-7-9-1-3-10(4-2-9)17-8-11-5-6-12(18-11)13(15)16/h1-4,11-12,14H,5-8H2,(H,15,16). The molecule has 0 saturated carbocycles. The molecule has 1 saturated heterocycles. The molecule has 1 aliphatic rings. The number of carboxylic acids is 1. The minimum absolute atomic E-state index is 0.00626. The van der Waals surface area contributed by atoms with E-state index in [1.54, 1.807) is 24.3 Å². The molecule has 18 heavy (non-hydrogen) atoms. The summed E-state index contributed by atoms with van der Waals surface area (Å²) in [6, 6.07) is 7.11. The predicted octanol–water partition coefficient (Wildman–Crippen LogP) is 1.19. The monoisotopic (exact) mass is 252 g/mol. The number of aliphatic hydroxyl groups is 1. The summed E-state index contributed by atoms with van der Waals surface area (Å²) < 4.78 is 10.8. The number of hydrogen-bond donors (Lipinski definition) is 2. The molecule has 2 rings (SSSR count). The highest BCUT2D eigenvalue weighted by Gasteiger charge is 2.30. The Morgan fingerprint density at radius 2 is 2.06 bits per heavy atom. The molecule has 2 N–H and O–H groups in total. The Morgan fingerprint density at radius 3 is 2.61 bits per heavy atom. The van der Waals surface area contributed by atoms with Crippen molar-refractivity contribution in [2.75, 3.05) is 6.61 Å². The van der Waals surface area contributed by atoms with Crippen molar-refractivity contribution in [2.24, 2.45) is 0 Å². The highest BCUT2D eigenvalue weighted by molar-refractivity contribution is 5.72. The Labute approximate surface area is 105 Å². The van der Waals surface area contributed by atoms with Crippen molar-refractivity contribution < 1.29 is 24.5 Å². The smallest absolute Gasteiger partial charge is 0.332 e. The van der Waals surface area contributed by atoms with Gasteiger partial charge in [-0.3, -0.25) is 0 Å². The van der Waals surface area contributed by atoms with Crippen LogP contribution in [0.15, 0.2) is 24.3 Å². The van der Waals surface area contributed by atoms with Gasteiger partial charge in [0.15, 0.2) is 6.10 Å². The molecule has 2 unspecified atom stereocenters. The van der Waals surface area contributed by atoms with E-state index < -0.39 is 12.1 Å². The lowest BCUT2D eigenvalue weighted by Gasteiger charge is -2.12. The van der Waals surface area contributed by atoms with E-state index in [0.29, 0.717) is 25.2 Å². The van der Waals surface area contributed by atoms with Crippen molar-refractivity contribution in [3.63, 3.8) is 0 Å². The molecule has 1 fully saturated rings. The van der Waals surface area contributed by atoms with E-state index in [1.807, 2.05) is 0 Å². The van der Waals surface area contributed by atoms with Gasteiger partial charge in [-0.15, -0.1) is 0 Å². The zero-order chi connectivity index (χ0) is 13.0. The van der Waals surface area contributed by atoms with Crippen LogP contribution in [0.1, 0.15) is 18.4 Å². The fourth-order valence-electron chi connectivity index (χ4n) is 1.89. The maximum absolute atomic E-state index is 10.7. The average Bonchev–Trinajstić information content (AvgIpc) is 2.86. The molecule has 1 aromatic rings. The first-order valence-electron chi connectivity index (χ1n) is 5.90. The normalized spacial score (nSPS) is 22.9. The second kappa shape index (κ2) is 5.84. The van der Waals surface area contributed by atoms with Gasteiger partial charge in [0, 0.05) is 0 Å². The topological polar surface area (TPSA) is 76.0 Å². The number of rotatable bonds is 5. The highest BCUT2D eigenvalue weighted by Crippen LogP contribution is 2.21. The number of hydrogen-bond acceptors (Lipinski definition) is 4. The third-order valence-electron chi connectivity index (χ3n) is 2.92. The summed E-state index contributed by atoms with van der Waals surface area (Å²) in [5.74, 6) is -0.223. The van der Waals surface area contributed by atoms with Gasteiger partial charge >= 0.3 is 5.97 Å². The van der Waals surface area contributed by atoms with Crippen LogP contribution in [0.2, 0.25) is 0 Å². The van der Waals surface area contributed by atoms with Crippen molar-refractivity contribution in [3.8, 4) is 5.75 Å². The Kier molecular flexibility index (Phi) is 4.17. The van der Waals surface area contributed by atoms with Gasteiger partial charge in [0.2, 0.25) is 0 Å². The van der Waals surface area contributed by atoms with Crippen LogP contribution in [0.4, 0.5) is 0 Å². The lowest BCUT2D eigenvalue weighted by atomic mass is 10.2. The van der Waals surface area contributed by atoms with Crippen LogP contribution in [-0.2, 0) is 16.1 Å². The summed E-state index contributed by atoms with van der Waals surface area (Å²) >= 11 is 0. The van der Waals surface area contributed by atoms with E-state index >= 15 is 0 Å². The van der Waals surface area contributed by atoms with Crippen LogP contribution in [-0.4, -0.2) is 35.0 Å². The molecular weight excluding hydrogens is 236 g/mol. The third kappa shape index (κ3) is 3.21. The Balaban J connectivity index is 1.79. The Hall–Kier alpha value is -1.59. The van der Waals surface area contributed by atoms with Crippen molar-refractivity contribution in [2.45, 2.75) is 31.7 Å². The molecule has 2 atom stereocenters. The summed E-state index contributed by atoms with van der Waals surface area (Å²) in [5, 5.41) is 17.7. The van der Waals surface area contributed by atoms with Crippen LogP contribution >= 0.6 is 0 Å². The first-order valence-corrected chi connectivity index (χ1v) is 5.90. The van der Waals surface area contributed by atoms with Crippen LogP contribution in [0.3, 0.4) is 0 Å². The number of carbonyl (C=O) groups is 1. The lowest BCUT2D eigenvalue weighted by Crippen LogP contribution is -2.23. The van der Waals surface area contributed by atoms with E-state index in [4.69, 9.17) is 19.7 Å². The minimum atomic E-state index is -0.912. The number of aliphatic carboxylic acids is 1. The number of aliphatic hydroxyl groups excluding tert-OH is 1. The maximum Gasteiger partial charge on any atom is 0.332 e. The van der Waals surface area contributed by atoms with Crippen LogP contribution in [0.5, 0.6) is 5.75 Å². The van der Waals surface area contributed by atoms with E-state index in [0.717, 1.165) is 5.56 Å². The van der Waals surface area contributed by atoms with E-state index in [9.17, 15) is 4.79 Å². The predicted molar refractivity (Wildman–Crippen MR) is 63.4 cm³/mol. The van der Waals surface area contributed by atoms with Crippen molar-refractivity contribution in [1.82, 2.24) is 0 Å². The minimum Gasteiger partial charge on any atom is -0.491 e. The first-order chi connectivity index (χ1) is 8.69. The zero-order valence-electron chi connectivity index (χ0n) is 9.91. The van der Waals surface area contributed by atoms with Gasteiger partial charge in [-0.05, 0) is 30.5 Å². The Morgan fingerprint density at radius 1 is 1.33 bits per heavy atom. The number of carboxylic acid groups (broad SMARTS) is 1. The average molecular weight is 252 g/mol. The van der Waals surface area contributed by atoms with Gasteiger partial charge in [0.1, 0.15) is 12.4 Å². The number of ether oxygens (including phenoxy) is 2. The second-order valence-corrected chi connectivity index (χ2v) is 4.28. The van der Waals surface area contributed by atoms with Crippen LogP contribution in [0.25, 0.3) is 0 Å². The molecule has 1 heterocycles. The zero-order valence-corrected chi connectivity index (χ0v) is 9.91. The van der Waals surface area contributed by atoms with Gasteiger partial charge in [-0.1, -0.05) is 12.1 Å². The summed E-state index contributed by atoms with van der Waals surface area (Å²) in [4.78, 5) is 10.7. The molecule has 0 bridgehead atoms. The molecule has 0 radical (unpaired) electrons. The number of benzene rings is 1. The van der Waals surface area contributed by atoms with Gasteiger partial charge in [-0.2, -0.15) is 0 Å². The molecule has 0 spiro atoms. The molecular formula is C13H16O5. The maximum atomic E-state index is 10.7. The molecule has 0 aromatic heterocycles. The fourth-order valence-corrected chi connectivity index (χ4v) is 1.89.